The summed E-state index contributed by atoms with van der Waals surface area (Å²) in [6.45, 7) is 4.35. The average molecular weight is 245 g/mol. The summed E-state index contributed by atoms with van der Waals surface area (Å²) in [5.41, 5.74) is 0.936. The SMILES string of the molecule is CCC(C)n1ccc(CC2(C#N)CCCCC2)n1. The molecule has 3 nitrogen and oxygen atoms in total. The number of nitriles is 1. The van der Waals surface area contributed by atoms with Crippen LogP contribution in [0.25, 0.3) is 0 Å². The molecule has 0 bridgehead atoms. The minimum Gasteiger partial charge on any atom is -0.270 e. The second-order valence-electron chi connectivity index (χ2n) is 5.67. The van der Waals surface area contributed by atoms with Crippen molar-refractivity contribution in [1.82, 2.24) is 9.78 Å². The van der Waals surface area contributed by atoms with E-state index in [9.17, 15) is 5.26 Å². The van der Waals surface area contributed by atoms with Crippen LogP contribution in [0, 0.1) is 16.7 Å². The summed E-state index contributed by atoms with van der Waals surface area (Å²) < 4.78 is 2.03. The van der Waals surface area contributed by atoms with Crippen molar-refractivity contribution in [2.24, 2.45) is 5.41 Å². The average Bonchev–Trinajstić information content (AvgIpc) is 2.87. The molecule has 0 aromatic carbocycles. The Labute approximate surface area is 110 Å². The first-order valence-corrected chi connectivity index (χ1v) is 7.14. The molecular formula is C15H23N3. The van der Waals surface area contributed by atoms with Crippen molar-refractivity contribution in [2.45, 2.75) is 64.8 Å². The second kappa shape index (κ2) is 5.56. The monoisotopic (exact) mass is 245 g/mol. The van der Waals surface area contributed by atoms with Gasteiger partial charge in [0.15, 0.2) is 0 Å². The maximum atomic E-state index is 9.48. The third-order valence-corrected chi connectivity index (χ3v) is 4.27. The van der Waals surface area contributed by atoms with Gasteiger partial charge in [0.25, 0.3) is 0 Å². The minimum absolute atomic E-state index is 0.146. The summed E-state index contributed by atoms with van der Waals surface area (Å²) in [5, 5.41) is 14.1. The van der Waals surface area contributed by atoms with E-state index in [2.05, 4.69) is 37.3 Å². The van der Waals surface area contributed by atoms with Gasteiger partial charge in [-0.3, -0.25) is 4.68 Å². The van der Waals surface area contributed by atoms with Crippen LogP contribution >= 0.6 is 0 Å². The van der Waals surface area contributed by atoms with Gasteiger partial charge in [0.2, 0.25) is 0 Å². The molecule has 1 fully saturated rings. The van der Waals surface area contributed by atoms with Crippen LogP contribution in [0.15, 0.2) is 12.3 Å². The van der Waals surface area contributed by atoms with E-state index < -0.39 is 0 Å². The fraction of sp³-hybridized carbons (Fsp3) is 0.733. The Morgan fingerprint density at radius 2 is 2.17 bits per heavy atom. The van der Waals surface area contributed by atoms with E-state index in [0.717, 1.165) is 31.4 Å². The summed E-state index contributed by atoms with van der Waals surface area (Å²) in [6, 6.07) is 5.10. The molecule has 1 aliphatic rings. The third kappa shape index (κ3) is 2.75. The standard InChI is InChI=1S/C15H23N3/c1-3-13(2)18-10-7-14(17-18)11-15(12-16)8-5-4-6-9-15/h7,10,13H,3-6,8-9,11H2,1-2H3. The summed E-state index contributed by atoms with van der Waals surface area (Å²) in [4.78, 5) is 0. The van der Waals surface area contributed by atoms with Crippen molar-refractivity contribution in [2.75, 3.05) is 0 Å². The van der Waals surface area contributed by atoms with Crippen LogP contribution in [0.3, 0.4) is 0 Å². The first kappa shape index (κ1) is 13.1. The minimum atomic E-state index is -0.146. The zero-order valence-electron chi connectivity index (χ0n) is 11.5. The zero-order valence-corrected chi connectivity index (χ0v) is 11.5. The fourth-order valence-corrected chi connectivity index (χ4v) is 2.81. The van der Waals surface area contributed by atoms with E-state index in [1.54, 1.807) is 0 Å². The van der Waals surface area contributed by atoms with Gasteiger partial charge < -0.3 is 0 Å². The van der Waals surface area contributed by atoms with Crippen molar-refractivity contribution in [3.63, 3.8) is 0 Å². The smallest absolute Gasteiger partial charge is 0.0693 e. The van der Waals surface area contributed by atoms with E-state index in [0.29, 0.717) is 6.04 Å². The van der Waals surface area contributed by atoms with Crippen molar-refractivity contribution < 1.29 is 0 Å². The first-order valence-electron chi connectivity index (χ1n) is 7.14. The molecular weight excluding hydrogens is 222 g/mol. The van der Waals surface area contributed by atoms with Gasteiger partial charge in [-0.25, -0.2) is 0 Å². The van der Waals surface area contributed by atoms with E-state index in [1.807, 2.05) is 4.68 Å². The lowest BCUT2D eigenvalue weighted by Crippen LogP contribution is -2.25. The van der Waals surface area contributed by atoms with Gasteiger partial charge in [-0.05, 0) is 32.3 Å². The van der Waals surface area contributed by atoms with Crippen molar-refractivity contribution in [1.29, 1.82) is 5.26 Å². The molecule has 1 unspecified atom stereocenters. The molecule has 1 aliphatic carbocycles. The van der Waals surface area contributed by atoms with Crippen LogP contribution in [-0.4, -0.2) is 9.78 Å². The van der Waals surface area contributed by atoms with E-state index >= 15 is 0 Å². The van der Waals surface area contributed by atoms with Crippen LogP contribution in [0.5, 0.6) is 0 Å². The Morgan fingerprint density at radius 1 is 1.44 bits per heavy atom. The third-order valence-electron chi connectivity index (χ3n) is 4.27. The van der Waals surface area contributed by atoms with Gasteiger partial charge in [-0.1, -0.05) is 26.2 Å². The van der Waals surface area contributed by atoms with E-state index in [1.165, 1.54) is 19.3 Å². The molecule has 0 spiro atoms. The fourth-order valence-electron chi connectivity index (χ4n) is 2.81. The molecule has 0 aliphatic heterocycles. The molecule has 0 saturated heterocycles. The highest BCUT2D eigenvalue weighted by Crippen LogP contribution is 2.38. The Morgan fingerprint density at radius 3 is 2.78 bits per heavy atom. The molecule has 0 N–H and O–H groups in total. The quantitative estimate of drug-likeness (QED) is 0.808. The van der Waals surface area contributed by atoms with Gasteiger partial charge in [0.05, 0.1) is 17.2 Å². The number of aromatic nitrogens is 2. The summed E-state index contributed by atoms with van der Waals surface area (Å²) in [7, 11) is 0. The normalized spacial score (nSPS) is 20.3. The first-order chi connectivity index (χ1) is 8.69. The summed E-state index contributed by atoms with van der Waals surface area (Å²) in [6.07, 6.45) is 9.72. The Hall–Kier alpha value is -1.30. The maximum absolute atomic E-state index is 9.48. The number of rotatable bonds is 4. The van der Waals surface area contributed by atoms with E-state index in [-0.39, 0.29) is 5.41 Å². The zero-order chi connectivity index (χ0) is 13.0. The highest BCUT2D eigenvalue weighted by atomic mass is 15.3. The van der Waals surface area contributed by atoms with Crippen LogP contribution in [-0.2, 0) is 6.42 Å². The Bertz CT molecular complexity index is 421. The second-order valence-corrected chi connectivity index (χ2v) is 5.67. The van der Waals surface area contributed by atoms with Crippen molar-refractivity contribution >= 4 is 0 Å². The molecule has 98 valence electrons. The van der Waals surface area contributed by atoms with Crippen molar-refractivity contribution in [3.8, 4) is 6.07 Å². The molecule has 0 amide bonds. The maximum Gasteiger partial charge on any atom is 0.0693 e. The molecule has 1 aromatic heterocycles. The summed E-state index contributed by atoms with van der Waals surface area (Å²) >= 11 is 0. The van der Waals surface area contributed by atoms with Gasteiger partial charge in [0.1, 0.15) is 0 Å². The predicted octanol–water partition coefficient (Wildman–Crippen LogP) is 3.87. The van der Waals surface area contributed by atoms with Crippen LogP contribution in [0.4, 0.5) is 0 Å². The van der Waals surface area contributed by atoms with Crippen LogP contribution < -0.4 is 0 Å². The lowest BCUT2D eigenvalue weighted by Gasteiger charge is -2.29. The molecule has 18 heavy (non-hydrogen) atoms. The molecule has 1 heterocycles. The molecule has 1 saturated carbocycles. The molecule has 3 heteroatoms. The van der Waals surface area contributed by atoms with E-state index in [4.69, 9.17) is 0 Å². The summed E-state index contributed by atoms with van der Waals surface area (Å²) in [5.74, 6) is 0. The lowest BCUT2D eigenvalue weighted by molar-refractivity contribution is 0.262. The molecule has 0 radical (unpaired) electrons. The number of hydrogen-bond donors (Lipinski definition) is 0. The van der Waals surface area contributed by atoms with Gasteiger partial charge in [-0.2, -0.15) is 10.4 Å². The highest BCUT2D eigenvalue weighted by Gasteiger charge is 2.33. The number of hydrogen-bond acceptors (Lipinski definition) is 2. The topological polar surface area (TPSA) is 41.6 Å². The Kier molecular flexibility index (Phi) is 4.06. The van der Waals surface area contributed by atoms with Gasteiger partial charge in [0, 0.05) is 18.7 Å². The molecule has 2 rings (SSSR count). The number of nitrogens with zero attached hydrogens (tertiary/aromatic N) is 3. The molecule has 1 aromatic rings. The Balaban J connectivity index is 2.08. The highest BCUT2D eigenvalue weighted by molar-refractivity contribution is 5.11. The lowest BCUT2D eigenvalue weighted by atomic mass is 9.72. The predicted molar refractivity (Wildman–Crippen MR) is 72.1 cm³/mol. The molecule has 1 atom stereocenters. The van der Waals surface area contributed by atoms with Gasteiger partial charge in [-0.15, -0.1) is 0 Å². The van der Waals surface area contributed by atoms with Crippen LogP contribution in [0.1, 0.15) is 64.1 Å². The van der Waals surface area contributed by atoms with Crippen molar-refractivity contribution in [3.05, 3.63) is 18.0 Å². The van der Waals surface area contributed by atoms with Crippen LogP contribution in [0.2, 0.25) is 0 Å². The largest absolute Gasteiger partial charge is 0.270 e. The van der Waals surface area contributed by atoms with Gasteiger partial charge >= 0.3 is 0 Å².